The molecule has 0 saturated heterocycles. The van der Waals surface area contributed by atoms with Crippen molar-refractivity contribution in [3.8, 4) is 0 Å². The first-order chi connectivity index (χ1) is 9.13. The van der Waals surface area contributed by atoms with Gasteiger partial charge in [-0.05, 0) is 48.4 Å². The van der Waals surface area contributed by atoms with Crippen molar-refractivity contribution in [1.82, 2.24) is 5.43 Å². The summed E-state index contributed by atoms with van der Waals surface area (Å²) in [6.07, 6.45) is 6.45. The Morgan fingerprint density at radius 1 is 1.42 bits per heavy atom. The number of nitrogens with one attached hydrogen (secondary N) is 1. The summed E-state index contributed by atoms with van der Waals surface area (Å²) in [5.41, 5.74) is 4.19. The number of halogens is 2. The first-order valence-electron chi connectivity index (χ1n) is 7.06. The Morgan fingerprint density at radius 2 is 2.21 bits per heavy atom. The average Bonchev–Trinajstić information content (AvgIpc) is 2.39. The Hall–Kier alpha value is -0.0900. The second kappa shape index (κ2) is 7.07. The lowest BCUT2D eigenvalue weighted by Crippen LogP contribution is -2.35. The maximum Gasteiger partial charge on any atom is 0.0489 e. The van der Waals surface area contributed by atoms with Gasteiger partial charge < -0.3 is 0 Å². The highest BCUT2D eigenvalue weighted by Crippen LogP contribution is 2.39. The smallest absolute Gasteiger partial charge is 0.0489 e. The quantitative estimate of drug-likeness (QED) is 0.606. The number of hydrazine groups is 1. The van der Waals surface area contributed by atoms with Crippen molar-refractivity contribution in [3.63, 3.8) is 0 Å². The Balaban J connectivity index is 2.18. The summed E-state index contributed by atoms with van der Waals surface area (Å²) < 4.78 is 1.01. The van der Waals surface area contributed by atoms with Gasteiger partial charge in [0.2, 0.25) is 0 Å². The van der Waals surface area contributed by atoms with Crippen LogP contribution in [-0.2, 0) is 0 Å². The molecule has 2 nitrogen and oxygen atoms in total. The lowest BCUT2D eigenvalue weighted by molar-refractivity contribution is 0.210. The van der Waals surface area contributed by atoms with Crippen LogP contribution >= 0.6 is 27.5 Å². The Labute approximate surface area is 129 Å². The van der Waals surface area contributed by atoms with Gasteiger partial charge in [0.1, 0.15) is 0 Å². The molecule has 0 aromatic heterocycles. The van der Waals surface area contributed by atoms with Crippen molar-refractivity contribution in [2.75, 3.05) is 0 Å². The van der Waals surface area contributed by atoms with Gasteiger partial charge in [-0.3, -0.25) is 11.3 Å². The van der Waals surface area contributed by atoms with E-state index >= 15 is 0 Å². The summed E-state index contributed by atoms with van der Waals surface area (Å²) in [5.74, 6) is 7.26. The van der Waals surface area contributed by atoms with E-state index in [2.05, 4.69) is 34.3 Å². The number of benzene rings is 1. The van der Waals surface area contributed by atoms with E-state index in [9.17, 15) is 0 Å². The molecule has 0 spiro atoms. The second-order valence-electron chi connectivity index (χ2n) is 5.55. The molecule has 0 heterocycles. The SMILES string of the molecule is CCC1CCCC(C(NN)c2cc(Cl)cc(Br)c2)C1. The van der Waals surface area contributed by atoms with Crippen LogP contribution in [0.15, 0.2) is 22.7 Å². The molecule has 1 fully saturated rings. The molecule has 3 atom stereocenters. The number of hydrogen-bond acceptors (Lipinski definition) is 2. The molecule has 1 saturated carbocycles. The minimum absolute atomic E-state index is 0.198. The van der Waals surface area contributed by atoms with Crippen LogP contribution < -0.4 is 11.3 Å². The molecular weight excluding hydrogens is 324 g/mol. The summed E-state index contributed by atoms with van der Waals surface area (Å²) >= 11 is 9.65. The van der Waals surface area contributed by atoms with Gasteiger partial charge in [-0.2, -0.15) is 0 Å². The van der Waals surface area contributed by atoms with Crippen molar-refractivity contribution < 1.29 is 0 Å². The van der Waals surface area contributed by atoms with Crippen molar-refractivity contribution in [1.29, 1.82) is 0 Å². The van der Waals surface area contributed by atoms with Gasteiger partial charge >= 0.3 is 0 Å². The van der Waals surface area contributed by atoms with Gasteiger partial charge in [0.25, 0.3) is 0 Å². The highest BCUT2D eigenvalue weighted by molar-refractivity contribution is 9.10. The second-order valence-corrected chi connectivity index (χ2v) is 6.90. The number of rotatable bonds is 4. The van der Waals surface area contributed by atoms with Crippen molar-refractivity contribution >= 4 is 27.5 Å². The van der Waals surface area contributed by atoms with E-state index in [0.29, 0.717) is 5.92 Å². The maximum atomic E-state index is 6.15. The minimum atomic E-state index is 0.198. The molecule has 0 aliphatic heterocycles. The summed E-state index contributed by atoms with van der Waals surface area (Å²) in [5, 5.41) is 0.757. The number of hydrogen-bond donors (Lipinski definition) is 2. The molecule has 2 rings (SSSR count). The van der Waals surface area contributed by atoms with Crippen LogP contribution in [0.5, 0.6) is 0 Å². The molecule has 3 N–H and O–H groups in total. The number of nitrogens with two attached hydrogens (primary N) is 1. The third kappa shape index (κ3) is 3.94. The molecule has 4 heteroatoms. The Bertz CT molecular complexity index is 404. The third-order valence-electron chi connectivity index (χ3n) is 4.30. The molecular formula is C15H22BrClN2. The zero-order chi connectivity index (χ0) is 13.8. The van der Waals surface area contributed by atoms with Crippen LogP contribution in [0.25, 0.3) is 0 Å². The highest BCUT2D eigenvalue weighted by atomic mass is 79.9. The molecule has 1 aromatic rings. The first kappa shape index (κ1) is 15.3. The van der Waals surface area contributed by atoms with E-state index in [0.717, 1.165) is 15.4 Å². The highest BCUT2D eigenvalue weighted by Gasteiger charge is 2.28. The van der Waals surface area contributed by atoms with Crippen molar-refractivity contribution in [2.45, 2.75) is 45.1 Å². The lowest BCUT2D eigenvalue weighted by atomic mass is 9.75. The monoisotopic (exact) mass is 344 g/mol. The molecule has 0 radical (unpaired) electrons. The zero-order valence-electron chi connectivity index (χ0n) is 11.3. The Kier molecular flexibility index (Phi) is 5.70. The summed E-state index contributed by atoms with van der Waals surface area (Å²) in [4.78, 5) is 0. The topological polar surface area (TPSA) is 38.0 Å². The van der Waals surface area contributed by atoms with E-state index in [4.69, 9.17) is 17.4 Å². The first-order valence-corrected chi connectivity index (χ1v) is 8.23. The molecule has 0 amide bonds. The largest absolute Gasteiger partial charge is 0.271 e. The normalized spacial score (nSPS) is 25.3. The van der Waals surface area contributed by atoms with Crippen LogP contribution in [0.3, 0.4) is 0 Å². The van der Waals surface area contributed by atoms with Crippen LogP contribution in [0.2, 0.25) is 5.02 Å². The zero-order valence-corrected chi connectivity index (χ0v) is 13.7. The molecule has 106 valence electrons. The van der Waals surface area contributed by atoms with Crippen LogP contribution in [0, 0.1) is 11.8 Å². The van der Waals surface area contributed by atoms with E-state index in [1.54, 1.807) is 0 Å². The van der Waals surface area contributed by atoms with Crippen LogP contribution in [0.4, 0.5) is 0 Å². The fourth-order valence-electron chi connectivity index (χ4n) is 3.27. The van der Waals surface area contributed by atoms with E-state index in [-0.39, 0.29) is 6.04 Å². The van der Waals surface area contributed by atoms with Gasteiger partial charge in [-0.15, -0.1) is 0 Å². The summed E-state index contributed by atoms with van der Waals surface area (Å²) in [6, 6.07) is 6.25. The minimum Gasteiger partial charge on any atom is -0.271 e. The van der Waals surface area contributed by atoms with Crippen LogP contribution in [-0.4, -0.2) is 0 Å². The van der Waals surface area contributed by atoms with Gasteiger partial charge in [0.15, 0.2) is 0 Å². The van der Waals surface area contributed by atoms with Gasteiger partial charge in [-0.1, -0.05) is 53.7 Å². The van der Waals surface area contributed by atoms with Gasteiger partial charge in [-0.25, -0.2) is 0 Å². The van der Waals surface area contributed by atoms with Crippen molar-refractivity contribution in [3.05, 3.63) is 33.3 Å². The molecule has 3 unspecified atom stereocenters. The lowest BCUT2D eigenvalue weighted by Gasteiger charge is -2.34. The van der Waals surface area contributed by atoms with E-state index in [1.807, 2.05) is 12.1 Å². The van der Waals surface area contributed by atoms with E-state index in [1.165, 1.54) is 37.7 Å². The molecule has 0 bridgehead atoms. The predicted octanol–water partition coefficient (Wildman–Crippen LogP) is 4.82. The Morgan fingerprint density at radius 3 is 2.84 bits per heavy atom. The van der Waals surface area contributed by atoms with Gasteiger partial charge in [0, 0.05) is 15.5 Å². The fourth-order valence-corrected chi connectivity index (χ4v) is 4.15. The molecule has 1 aromatic carbocycles. The fraction of sp³-hybridized carbons (Fsp3) is 0.600. The maximum absolute atomic E-state index is 6.15. The van der Waals surface area contributed by atoms with E-state index < -0.39 is 0 Å². The molecule has 19 heavy (non-hydrogen) atoms. The third-order valence-corrected chi connectivity index (χ3v) is 4.97. The predicted molar refractivity (Wildman–Crippen MR) is 85.0 cm³/mol. The molecule has 1 aliphatic rings. The standard InChI is InChI=1S/C15H22BrClN2/c1-2-10-4-3-5-11(6-10)15(19-18)12-7-13(16)9-14(17)8-12/h7-11,15,19H,2-6,18H2,1H3. The summed E-state index contributed by atoms with van der Waals surface area (Å²) in [6.45, 7) is 2.29. The van der Waals surface area contributed by atoms with Crippen LogP contribution in [0.1, 0.15) is 50.6 Å². The van der Waals surface area contributed by atoms with Gasteiger partial charge in [0.05, 0.1) is 0 Å². The molecule has 1 aliphatic carbocycles. The van der Waals surface area contributed by atoms with Crippen molar-refractivity contribution in [2.24, 2.45) is 17.7 Å². The average molecular weight is 346 g/mol. The summed E-state index contributed by atoms with van der Waals surface area (Å²) in [7, 11) is 0.